The van der Waals surface area contributed by atoms with E-state index in [0.29, 0.717) is 19.6 Å². The number of carbonyl (C=O) groups is 2. The molecule has 0 radical (unpaired) electrons. The van der Waals surface area contributed by atoms with Crippen molar-refractivity contribution in [2.24, 2.45) is 5.92 Å². The standard InChI is InChI=1S/C19H23FN2O2/c20-16-4-1-3-14(11-16)15-8-10-21(12-15)19(24)17-5-2-9-22(17)18(23)13-6-7-13/h1,3-4,11,13,15,17H,2,5-10,12H2/t15-,17-/m1/s1. The van der Waals surface area contributed by atoms with Crippen molar-refractivity contribution in [3.05, 3.63) is 35.6 Å². The van der Waals surface area contributed by atoms with Gasteiger partial charge in [0.15, 0.2) is 0 Å². The monoisotopic (exact) mass is 330 g/mol. The van der Waals surface area contributed by atoms with Gasteiger partial charge in [0.2, 0.25) is 11.8 Å². The van der Waals surface area contributed by atoms with Crippen molar-refractivity contribution in [2.45, 2.75) is 44.1 Å². The fourth-order valence-electron chi connectivity index (χ4n) is 4.06. The van der Waals surface area contributed by atoms with Crippen LogP contribution in [0, 0.1) is 11.7 Å². The maximum absolute atomic E-state index is 13.4. The zero-order valence-electron chi connectivity index (χ0n) is 13.8. The van der Waals surface area contributed by atoms with Crippen molar-refractivity contribution in [1.29, 1.82) is 0 Å². The number of rotatable bonds is 3. The highest BCUT2D eigenvalue weighted by atomic mass is 19.1. The molecule has 1 aromatic rings. The molecule has 2 saturated heterocycles. The zero-order valence-corrected chi connectivity index (χ0v) is 13.8. The molecule has 1 aliphatic carbocycles. The minimum absolute atomic E-state index is 0.0837. The average Bonchev–Trinajstić information content (AvgIpc) is 3.12. The van der Waals surface area contributed by atoms with E-state index in [1.54, 1.807) is 12.1 Å². The molecule has 24 heavy (non-hydrogen) atoms. The molecular weight excluding hydrogens is 307 g/mol. The topological polar surface area (TPSA) is 40.6 Å². The number of benzene rings is 1. The summed E-state index contributed by atoms with van der Waals surface area (Å²) in [6.07, 6.45) is 4.50. The van der Waals surface area contributed by atoms with E-state index in [-0.39, 0.29) is 35.5 Å². The van der Waals surface area contributed by atoms with Gasteiger partial charge in [-0.1, -0.05) is 12.1 Å². The van der Waals surface area contributed by atoms with E-state index in [4.69, 9.17) is 0 Å². The number of likely N-dealkylation sites (tertiary alicyclic amines) is 2. The van der Waals surface area contributed by atoms with Gasteiger partial charge in [0, 0.05) is 31.5 Å². The first kappa shape index (κ1) is 15.6. The second-order valence-electron chi connectivity index (χ2n) is 7.29. The van der Waals surface area contributed by atoms with E-state index in [1.165, 1.54) is 6.07 Å². The van der Waals surface area contributed by atoms with Crippen molar-refractivity contribution < 1.29 is 14.0 Å². The van der Waals surface area contributed by atoms with E-state index in [1.807, 2.05) is 15.9 Å². The normalized spacial score (nSPS) is 26.9. The lowest BCUT2D eigenvalue weighted by Crippen LogP contribution is -2.47. The Balaban J connectivity index is 1.42. The molecule has 4 rings (SSSR count). The van der Waals surface area contributed by atoms with Crippen LogP contribution in [-0.4, -0.2) is 47.3 Å². The first-order valence-corrected chi connectivity index (χ1v) is 8.98. The van der Waals surface area contributed by atoms with E-state index in [2.05, 4.69) is 0 Å². The van der Waals surface area contributed by atoms with E-state index >= 15 is 0 Å². The van der Waals surface area contributed by atoms with Gasteiger partial charge in [-0.2, -0.15) is 0 Å². The Labute approximate surface area is 141 Å². The number of carbonyl (C=O) groups excluding carboxylic acids is 2. The molecule has 1 saturated carbocycles. The minimum atomic E-state index is -0.274. The molecule has 0 N–H and O–H groups in total. The van der Waals surface area contributed by atoms with Gasteiger partial charge in [-0.05, 0) is 49.8 Å². The third-order valence-corrected chi connectivity index (χ3v) is 5.57. The number of amides is 2. The summed E-state index contributed by atoms with van der Waals surface area (Å²) in [6.45, 7) is 2.04. The van der Waals surface area contributed by atoms with E-state index in [9.17, 15) is 14.0 Å². The number of nitrogens with zero attached hydrogens (tertiary/aromatic N) is 2. The van der Waals surface area contributed by atoms with Crippen LogP contribution < -0.4 is 0 Å². The maximum atomic E-state index is 13.4. The molecule has 5 heteroatoms. The smallest absolute Gasteiger partial charge is 0.245 e. The summed E-state index contributed by atoms with van der Waals surface area (Å²) >= 11 is 0. The van der Waals surface area contributed by atoms with Crippen molar-refractivity contribution in [3.8, 4) is 0 Å². The van der Waals surface area contributed by atoms with E-state index in [0.717, 1.165) is 37.7 Å². The van der Waals surface area contributed by atoms with Crippen molar-refractivity contribution in [1.82, 2.24) is 9.80 Å². The van der Waals surface area contributed by atoms with E-state index < -0.39 is 0 Å². The Morgan fingerprint density at radius 3 is 2.62 bits per heavy atom. The van der Waals surface area contributed by atoms with Crippen LogP contribution in [0.1, 0.15) is 43.6 Å². The number of halogens is 1. The molecule has 2 amide bonds. The van der Waals surface area contributed by atoms with Crippen molar-refractivity contribution in [3.63, 3.8) is 0 Å². The lowest BCUT2D eigenvalue weighted by atomic mass is 9.98. The van der Waals surface area contributed by atoms with Gasteiger partial charge in [-0.25, -0.2) is 4.39 Å². The molecule has 2 atom stereocenters. The Kier molecular flexibility index (Phi) is 4.02. The summed E-state index contributed by atoms with van der Waals surface area (Å²) in [5.74, 6) is 0.386. The summed E-state index contributed by atoms with van der Waals surface area (Å²) in [4.78, 5) is 29.0. The van der Waals surface area contributed by atoms with Crippen LogP contribution in [0.3, 0.4) is 0 Å². The Morgan fingerprint density at radius 2 is 1.88 bits per heavy atom. The predicted molar refractivity (Wildman–Crippen MR) is 87.8 cm³/mol. The molecule has 0 bridgehead atoms. The quantitative estimate of drug-likeness (QED) is 0.854. The van der Waals surface area contributed by atoms with Crippen LogP contribution >= 0.6 is 0 Å². The van der Waals surface area contributed by atoms with Crippen LogP contribution in [0.5, 0.6) is 0 Å². The first-order valence-electron chi connectivity index (χ1n) is 8.98. The molecule has 4 nitrogen and oxygen atoms in total. The van der Waals surface area contributed by atoms with Crippen LogP contribution in [0.25, 0.3) is 0 Å². The Morgan fingerprint density at radius 1 is 1.04 bits per heavy atom. The summed E-state index contributed by atoms with van der Waals surface area (Å²) in [7, 11) is 0. The Bertz CT molecular complexity index is 659. The molecule has 3 fully saturated rings. The van der Waals surface area contributed by atoms with Gasteiger partial charge in [0.05, 0.1) is 0 Å². The van der Waals surface area contributed by atoms with Crippen molar-refractivity contribution >= 4 is 11.8 Å². The van der Waals surface area contributed by atoms with Crippen LogP contribution in [-0.2, 0) is 9.59 Å². The largest absolute Gasteiger partial charge is 0.340 e. The van der Waals surface area contributed by atoms with Gasteiger partial charge in [-0.15, -0.1) is 0 Å². The van der Waals surface area contributed by atoms with Gasteiger partial charge < -0.3 is 9.80 Å². The highest BCUT2D eigenvalue weighted by Gasteiger charge is 2.43. The fraction of sp³-hybridized carbons (Fsp3) is 0.579. The van der Waals surface area contributed by atoms with Gasteiger partial charge in [0.25, 0.3) is 0 Å². The summed E-state index contributed by atoms with van der Waals surface area (Å²) < 4.78 is 13.4. The third kappa shape index (κ3) is 2.92. The molecule has 1 aromatic carbocycles. The van der Waals surface area contributed by atoms with Crippen LogP contribution in [0.2, 0.25) is 0 Å². The molecule has 3 aliphatic rings. The highest BCUT2D eigenvalue weighted by Crippen LogP contribution is 2.35. The van der Waals surface area contributed by atoms with Crippen LogP contribution in [0.15, 0.2) is 24.3 Å². The minimum Gasteiger partial charge on any atom is -0.340 e. The van der Waals surface area contributed by atoms with Gasteiger partial charge >= 0.3 is 0 Å². The second-order valence-corrected chi connectivity index (χ2v) is 7.29. The van der Waals surface area contributed by atoms with Crippen molar-refractivity contribution in [2.75, 3.05) is 19.6 Å². The number of hydrogen-bond acceptors (Lipinski definition) is 2. The molecule has 128 valence electrons. The highest BCUT2D eigenvalue weighted by molar-refractivity contribution is 5.90. The molecular formula is C19H23FN2O2. The number of hydrogen-bond donors (Lipinski definition) is 0. The lowest BCUT2D eigenvalue weighted by molar-refractivity contribution is -0.143. The second kappa shape index (κ2) is 6.19. The molecule has 0 aromatic heterocycles. The van der Waals surface area contributed by atoms with Gasteiger partial charge in [-0.3, -0.25) is 9.59 Å². The SMILES string of the molecule is O=C([C@H]1CCCN1C(=O)C1CC1)N1CC[C@@H](c2cccc(F)c2)C1. The molecule has 2 heterocycles. The lowest BCUT2D eigenvalue weighted by Gasteiger charge is -2.28. The molecule has 0 unspecified atom stereocenters. The molecule has 0 spiro atoms. The zero-order chi connectivity index (χ0) is 16.7. The predicted octanol–water partition coefficient (Wildman–Crippen LogP) is 2.54. The first-order chi connectivity index (χ1) is 11.6. The molecule has 2 aliphatic heterocycles. The summed E-state index contributed by atoms with van der Waals surface area (Å²) in [5.41, 5.74) is 0.961. The third-order valence-electron chi connectivity index (χ3n) is 5.57. The summed E-state index contributed by atoms with van der Waals surface area (Å²) in [6, 6.07) is 6.39. The Hall–Kier alpha value is -1.91. The fourth-order valence-corrected chi connectivity index (χ4v) is 4.06. The maximum Gasteiger partial charge on any atom is 0.245 e. The summed E-state index contributed by atoms with van der Waals surface area (Å²) in [5, 5.41) is 0. The van der Waals surface area contributed by atoms with Crippen LogP contribution in [0.4, 0.5) is 4.39 Å². The average molecular weight is 330 g/mol. The van der Waals surface area contributed by atoms with Gasteiger partial charge in [0.1, 0.15) is 11.9 Å².